The van der Waals surface area contributed by atoms with E-state index >= 15 is 0 Å². The van der Waals surface area contributed by atoms with E-state index in [0.717, 1.165) is 23.9 Å². The SMILES string of the molecule is CCc1cc2c(C(=O)OC)cccc2n1CC. The van der Waals surface area contributed by atoms with Crippen molar-refractivity contribution in [2.24, 2.45) is 0 Å². The van der Waals surface area contributed by atoms with Crippen molar-refractivity contribution in [3.05, 3.63) is 35.5 Å². The van der Waals surface area contributed by atoms with Gasteiger partial charge in [0.25, 0.3) is 0 Å². The average molecular weight is 231 g/mol. The van der Waals surface area contributed by atoms with Gasteiger partial charge in [-0.15, -0.1) is 0 Å². The molecule has 0 radical (unpaired) electrons. The number of carbonyl (C=O) groups is 1. The lowest BCUT2D eigenvalue weighted by atomic mass is 10.1. The molecule has 2 rings (SSSR count). The number of hydrogen-bond donors (Lipinski definition) is 0. The minimum atomic E-state index is -0.272. The smallest absolute Gasteiger partial charge is 0.338 e. The van der Waals surface area contributed by atoms with Gasteiger partial charge in [-0.3, -0.25) is 0 Å². The molecule has 0 saturated carbocycles. The highest BCUT2D eigenvalue weighted by molar-refractivity contribution is 6.04. The van der Waals surface area contributed by atoms with Gasteiger partial charge >= 0.3 is 5.97 Å². The van der Waals surface area contributed by atoms with E-state index in [1.165, 1.54) is 12.8 Å². The minimum absolute atomic E-state index is 0.272. The number of aromatic nitrogens is 1. The van der Waals surface area contributed by atoms with Crippen LogP contribution in [-0.4, -0.2) is 17.6 Å². The van der Waals surface area contributed by atoms with Crippen LogP contribution in [0, 0.1) is 0 Å². The van der Waals surface area contributed by atoms with Gasteiger partial charge in [0, 0.05) is 23.1 Å². The Kier molecular flexibility index (Phi) is 3.18. The van der Waals surface area contributed by atoms with Crippen LogP contribution in [0.3, 0.4) is 0 Å². The van der Waals surface area contributed by atoms with E-state index in [2.05, 4.69) is 24.5 Å². The standard InChI is InChI=1S/C14H17NO2/c1-4-10-9-12-11(14(16)17-3)7-6-8-13(12)15(10)5-2/h6-9H,4-5H2,1-3H3. The molecule has 1 aromatic heterocycles. The monoisotopic (exact) mass is 231 g/mol. The van der Waals surface area contributed by atoms with Gasteiger partial charge in [-0.25, -0.2) is 4.79 Å². The van der Waals surface area contributed by atoms with Crippen molar-refractivity contribution in [2.45, 2.75) is 26.8 Å². The Morgan fingerprint density at radius 1 is 1.35 bits per heavy atom. The molecule has 90 valence electrons. The van der Waals surface area contributed by atoms with E-state index in [1.54, 1.807) is 0 Å². The molecular weight excluding hydrogens is 214 g/mol. The predicted molar refractivity (Wildman–Crippen MR) is 68.3 cm³/mol. The number of carbonyl (C=O) groups excluding carboxylic acids is 1. The lowest BCUT2D eigenvalue weighted by Gasteiger charge is -2.06. The van der Waals surface area contributed by atoms with Gasteiger partial charge in [0.1, 0.15) is 0 Å². The van der Waals surface area contributed by atoms with Crippen molar-refractivity contribution in [3.63, 3.8) is 0 Å². The van der Waals surface area contributed by atoms with E-state index in [-0.39, 0.29) is 5.97 Å². The summed E-state index contributed by atoms with van der Waals surface area (Å²) in [5, 5.41) is 0.984. The molecule has 0 aliphatic rings. The molecule has 0 amide bonds. The first-order valence-corrected chi connectivity index (χ1v) is 5.92. The predicted octanol–water partition coefficient (Wildman–Crippen LogP) is 3.01. The molecule has 0 aliphatic carbocycles. The van der Waals surface area contributed by atoms with E-state index in [1.807, 2.05) is 18.2 Å². The van der Waals surface area contributed by atoms with Gasteiger partial charge in [-0.05, 0) is 31.5 Å². The maximum atomic E-state index is 11.7. The van der Waals surface area contributed by atoms with Crippen molar-refractivity contribution in [3.8, 4) is 0 Å². The van der Waals surface area contributed by atoms with Crippen molar-refractivity contribution < 1.29 is 9.53 Å². The molecule has 3 nitrogen and oxygen atoms in total. The van der Waals surface area contributed by atoms with Crippen LogP contribution in [0.15, 0.2) is 24.3 Å². The van der Waals surface area contributed by atoms with E-state index in [4.69, 9.17) is 4.74 Å². The quantitative estimate of drug-likeness (QED) is 0.760. The average Bonchev–Trinajstić information content (AvgIpc) is 2.74. The normalized spacial score (nSPS) is 10.8. The lowest BCUT2D eigenvalue weighted by molar-refractivity contribution is 0.0603. The number of ether oxygens (including phenoxy) is 1. The van der Waals surface area contributed by atoms with Gasteiger partial charge < -0.3 is 9.30 Å². The summed E-state index contributed by atoms with van der Waals surface area (Å²) in [6.45, 7) is 5.15. The van der Waals surface area contributed by atoms with Crippen molar-refractivity contribution in [2.75, 3.05) is 7.11 Å². The number of fused-ring (bicyclic) bond motifs is 1. The van der Waals surface area contributed by atoms with Crippen LogP contribution in [0.25, 0.3) is 10.9 Å². The van der Waals surface area contributed by atoms with Crippen LogP contribution >= 0.6 is 0 Å². The number of methoxy groups -OCH3 is 1. The zero-order chi connectivity index (χ0) is 12.4. The molecule has 1 heterocycles. The Hall–Kier alpha value is -1.77. The number of hydrogen-bond acceptors (Lipinski definition) is 2. The molecule has 0 unspecified atom stereocenters. The third-order valence-electron chi connectivity index (χ3n) is 3.12. The summed E-state index contributed by atoms with van der Waals surface area (Å²) in [5.74, 6) is -0.272. The molecule has 0 aliphatic heterocycles. The molecule has 0 fully saturated rings. The Labute approximate surface area is 101 Å². The van der Waals surface area contributed by atoms with Crippen molar-refractivity contribution in [1.82, 2.24) is 4.57 Å². The van der Waals surface area contributed by atoms with Gasteiger partial charge in [0.15, 0.2) is 0 Å². The first-order chi connectivity index (χ1) is 8.22. The second-order valence-electron chi connectivity index (χ2n) is 3.96. The minimum Gasteiger partial charge on any atom is -0.465 e. The molecule has 3 heteroatoms. The molecule has 17 heavy (non-hydrogen) atoms. The lowest BCUT2D eigenvalue weighted by Crippen LogP contribution is -2.02. The highest BCUT2D eigenvalue weighted by atomic mass is 16.5. The Bertz CT molecular complexity index is 555. The molecule has 0 saturated heterocycles. The van der Waals surface area contributed by atoms with E-state index < -0.39 is 0 Å². The summed E-state index contributed by atoms with van der Waals surface area (Å²) in [7, 11) is 1.42. The number of esters is 1. The summed E-state index contributed by atoms with van der Waals surface area (Å²) in [6.07, 6.45) is 0.961. The fourth-order valence-electron chi connectivity index (χ4n) is 2.29. The molecular formula is C14H17NO2. The Morgan fingerprint density at radius 2 is 2.12 bits per heavy atom. The maximum absolute atomic E-state index is 11.7. The summed E-state index contributed by atoms with van der Waals surface area (Å²) in [4.78, 5) is 11.7. The van der Waals surface area contributed by atoms with Crippen LogP contribution in [0.2, 0.25) is 0 Å². The second-order valence-corrected chi connectivity index (χ2v) is 3.96. The van der Waals surface area contributed by atoms with Crippen LogP contribution in [-0.2, 0) is 17.7 Å². The zero-order valence-electron chi connectivity index (χ0n) is 10.5. The molecule has 0 atom stereocenters. The maximum Gasteiger partial charge on any atom is 0.338 e. The number of aryl methyl sites for hydroxylation is 2. The first-order valence-electron chi connectivity index (χ1n) is 5.92. The first kappa shape index (κ1) is 11.7. The Balaban J connectivity index is 2.73. The van der Waals surface area contributed by atoms with Crippen LogP contribution < -0.4 is 0 Å². The van der Waals surface area contributed by atoms with Crippen LogP contribution in [0.5, 0.6) is 0 Å². The zero-order valence-corrected chi connectivity index (χ0v) is 10.5. The van der Waals surface area contributed by atoms with Gasteiger partial charge in [0.2, 0.25) is 0 Å². The topological polar surface area (TPSA) is 31.2 Å². The van der Waals surface area contributed by atoms with Crippen molar-refractivity contribution in [1.29, 1.82) is 0 Å². The fourth-order valence-corrected chi connectivity index (χ4v) is 2.29. The summed E-state index contributed by atoms with van der Waals surface area (Å²) in [5.41, 5.74) is 3.00. The number of benzene rings is 1. The molecule has 0 bridgehead atoms. The molecule has 1 aromatic carbocycles. The largest absolute Gasteiger partial charge is 0.465 e. The number of nitrogens with zero attached hydrogens (tertiary/aromatic N) is 1. The summed E-state index contributed by atoms with van der Waals surface area (Å²) >= 11 is 0. The third-order valence-corrected chi connectivity index (χ3v) is 3.12. The van der Waals surface area contributed by atoms with Gasteiger partial charge in [-0.2, -0.15) is 0 Å². The fraction of sp³-hybridized carbons (Fsp3) is 0.357. The van der Waals surface area contributed by atoms with Gasteiger partial charge in [0.05, 0.1) is 12.7 Å². The summed E-state index contributed by atoms with van der Waals surface area (Å²) in [6, 6.07) is 7.85. The summed E-state index contributed by atoms with van der Waals surface area (Å²) < 4.78 is 7.05. The van der Waals surface area contributed by atoms with E-state index in [9.17, 15) is 4.79 Å². The highest BCUT2D eigenvalue weighted by Crippen LogP contribution is 2.24. The van der Waals surface area contributed by atoms with Crippen LogP contribution in [0.4, 0.5) is 0 Å². The van der Waals surface area contributed by atoms with Gasteiger partial charge in [-0.1, -0.05) is 13.0 Å². The third kappa shape index (κ3) is 1.82. The van der Waals surface area contributed by atoms with E-state index in [0.29, 0.717) is 5.56 Å². The molecule has 0 spiro atoms. The molecule has 0 N–H and O–H groups in total. The molecule has 2 aromatic rings. The van der Waals surface area contributed by atoms with Crippen LogP contribution in [0.1, 0.15) is 29.9 Å². The highest BCUT2D eigenvalue weighted by Gasteiger charge is 2.14. The van der Waals surface area contributed by atoms with Crippen molar-refractivity contribution >= 4 is 16.9 Å². The number of rotatable bonds is 3. The Morgan fingerprint density at radius 3 is 2.71 bits per heavy atom. The second kappa shape index (κ2) is 4.62.